The van der Waals surface area contributed by atoms with Gasteiger partial charge in [0.1, 0.15) is 11.5 Å². The quantitative estimate of drug-likeness (QED) is 0.917. The molecule has 0 spiro atoms. The van der Waals surface area contributed by atoms with E-state index in [1.54, 1.807) is 33.4 Å². The molecule has 0 aliphatic rings. The van der Waals surface area contributed by atoms with E-state index in [4.69, 9.17) is 9.47 Å². The predicted molar refractivity (Wildman–Crippen MR) is 76.8 cm³/mol. The second-order valence-corrected chi connectivity index (χ2v) is 4.54. The molecule has 1 atom stereocenters. The highest BCUT2D eigenvalue weighted by Crippen LogP contribution is 2.30. The first kappa shape index (κ1) is 15.3. The summed E-state index contributed by atoms with van der Waals surface area (Å²) in [6.45, 7) is 0. The van der Waals surface area contributed by atoms with E-state index in [0.717, 1.165) is 11.6 Å². The summed E-state index contributed by atoms with van der Waals surface area (Å²) in [6.07, 6.45) is 0. The largest absolute Gasteiger partial charge is 0.497 e. The number of hydrogen-bond acceptors (Lipinski definition) is 3. The lowest BCUT2D eigenvalue weighted by atomic mass is 9.98. The number of benzene rings is 2. The van der Waals surface area contributed by atoms with Gasteiger partial charge in [0.15, 0.2) is 11.6 Å². The van der Waals surface area contributed by atoms with Crippen molar-refractivity contribution in [3.8, 4) is 11.5 Å². The summed E-state index contributed by atoms with van der Waals surface area (Å²) in [4.78, 5) is 0. The van der Waals surface area contributed by atoms with E-state index in [1.165, 1.54) is 6.07 Å². The van der Waals surface area contributed by atoms with Gasteiger partial charge in [-0.25, -0.2) is 8.78 Å². The number of hydrogen-bond donors (Lipinski definition) is 1. The Balaban J connectivity index is 2.47. The van der Waals surface area contributed by atoms with E-state index in [0.29, 0.717) is 17.1 Å². The van der Waals surface area contributed by atoms with Gasteiger partial charge in [-0.05, 0) is 42.4 Å². The zero-order valence-electron chi connectivity index (χ0n) is 12.1. The van der Waals surface area contributed by atoms with Gasteiger partial charge in [-0.1, -0.05) is 6.07 Å². The standard InChI is InChI=1S/C16H17F2NO2/c1-19-16(10-4-5-14(17)15(18)8-10)11-6-12(20-2)9-13(7-11)21-3/h4-9,16,19H,1-3H3. The summed E-state index contributed by atoms with van der Waals surface area (Å²) < 4.78 is 37.0. The molecule has 0 fully saturated rings. The third kappa shape index (κ3) is 3.31. The second-order valence-electron chi connectivity index (χ2n) is 4.54. The fourth-order valence-electron chi connectivity index (χ4n) is 2.21. The molecule has 0 saturated heterocycles. The van der Waals surface area contributed by atoms with Crippen LogP contribution in [0.3, 0.4) is 0 Å². The van der Waals surface area contributed by atoms with Crippen LogP contribution in [0.2, 0.25) is 0 Å². The summed E-state index contributed by atoms with van der Waals surface area (Å²) >= 11 is 0. The Morgan fingerprint density at radius 3 is 1.95 bits per heavy atom. The zero-order chi connectivity index (χ0) is 15.4. The fraction of sp³-hybridized carbons (Fsp3) is 0.250. The van der Waals surface area contributed by atoms with Gasteiger partial charge >= 0.3 is 0 Å². The molecule has 0 aliphatic heterocycles. The van der Waals surface area contributed by atoms with Gasteiger partial charge < -0.3 is 14.8 Å². The molecular formula is C16H17F2NO2. The Labute approximate surface area is 122 Å². The maximum Gasteiger partial charge on any atom is 0.159 e. The maximum atomic E-state index is 13.4. The maximum absolute atomic E-state index is 13.4. The van der Waals surface area contributed by atoms with Gasteiger partial charge in [-0.2, -0.15) is 0 Å². The van der Waals surface area contributed by atoms with Crippen LogP contribution in [0.5, 0.6) is 11.5 Å². The highest BCUT2D eigenvalue weighted by atomic mass is 19.2. The lowest BCUT2D eigenvalue weighted by molar-refractivity contribution is 0.392. The third-order valence-corrected chi connectivity index (χ3v) is 3.27. The van der Waals surface area contributed by atoms with Crippen molar-refractivity contribution in [3.63, 3.8) is 0 Å². The molecule has 5 heteroatoms. The van der Waals surface area contributed by atoms with Crippen molar-refractivity contribution in [3.05, 3.63) is 59.2 Å². The van der Waals surface area contributed by atoms with Crippen molar-refractivity contribution in [2.24, 2.45) is 0 Å². The van der Waals surface area contributed by atoms with Gasteiger partial charge in [0, 0.05) is 6.07 Å². The average Bonchev–Trinajstić information content (AvgIpc) is 2.51. The lowest BCUT2D eigenvalue weighted by Crippen LogP contribution is -2.18. The molecule has 0 radical (unpaired) electrons. The van der Waals surface area contributed by atoms with Gasteiger partial charge in [0.05, 0.1) is 20.3 Å². The zero-order valence-corrected chi connectivity index (χ0v) is 12.1. The molecule has 2 aromatic rings. The highest BCUT2D eigenvalue weighted by Gasteiger charge is 2.16. The summed E-state index contributed by atoms with van der Waals surface area (Å²) in [5.41, 5.74) is 1.45. The van der Waals surface area contributed by atoms with Crippen molar-refractivity contribution in [2.75, 3.05) is 21.3 Å². The minimum Gasteiger partial charge on any atom is -0.497 e. The van der Waals surface area contributed by atoms with Crippen molar-refractivity contribution in [2.45, 2.75) is 6.04 Å². The second kappa shape index (κ2) is 6.54. The molecule has 0 heterocycles. The average molecular weight is 293 g/mol. The van der Waals surface area contributed by atoms with Crippen molar-refractivity contribution < 1.29 is 18.3 Å². The van der Waals surface area contributed by atoms with Crippen LogP contribution < -0.4 is 14.8 Å². The van der Waals surface area contributed by atoms with E-state index in [1.807, 2.05) is 12.1 Å². The first-order valence-electron chi connectivity index (χ1n) is 6.44. The smallest absolute Gasteiger partial charge is 0.159 e. The van der Waals surface area contributed by atoms with Crippen molar-refractivity contribution in [1.82, 2.24) is 5.32 Å². The van der Waals surface area contributed by atoms with Crippen LogP contribution in [0.1, 0.15) is 17.2 Å². The number of methoxy groups -OCH3 is 2. The highest BCUT2D eigenvalue weighted by molar-refractivity contribution is 5.43. The molecule has 0 amide bonds. The van der Waals surface area contributed by atoms with E-state index < -0.39 is 11.6 Å². The van der Waals surface area contributed by atoms with Crippen LogP contribution in [-0.2, 0) is 0 Å². The number of halogens is 2. The van der Waals surface area contributed by atoms with E-state index in [-0.39, 0.29) is 6.04 Å². The lowest BCUT2D eigenvalue weighted by Gasteiger charge is -2.19. The summed E-state index contributed by atoms with van der Waals surface area (Å²) in [6, 6.07) is 8.95. The van der Waals surface area contributed by atoms with Crippen LogP contribution in [0.25, 0.3) is 0 Å². The molecule has 1 unspecified atom stereocenters. The molecular weight excluding hydrogens is 276 g/mol. The van der Waals surface area contributed by atoms with Gasteiger partial charge in [0.25, 0.3) is 0 Å². The van der Waals surface area contributed by atoms with Gasteiger partial charge in [-0.15, -0.1) is 0 Å². The monoisotopic (exact) mass is 293 g/mol. The van der Waals surface area contributed by atoms with Crippen LogP contribution in [0.4, 0.5) is 8.78 Å². The molecule has 0 saturated carbocycles. The van der Waals surface area contributed by atoms with Crippen LogP contribution in [0.15, 0.2) is 36.4 Å². The van der Waals surface area contributed by atoms with E-state index in [9.17, 15) is 8.78 Å². The van der Waals surface area contributed by atoms with Crippen LogP contribution >= 0.6 is 0 Å². The van der Waals surface area contributed by atoms with Crippen molar-refractivity contribution >= 4 is 0 Å². The number of ether oxygens (including phenoxy) is 2. The van der Waals surface area contributed by atoms with Gasteiger partial charge in [-0.3, -0.25) is 0 Å². The fourth-order valence-corrected chi connectivity index (χ4v) is 2.21. The number of rotatable bonds is 5. The minimum absolute atomic E-state index is 0.302. The van der Waals surface area contributed by atoms with Gasteiger partial charge in [0.2, 0.25) is 0 Å². The molecule has 0 aromatic heterocycles. The molecule has 0 aliphatic carbocycles. The summed E-state index contributed by atoms with van der Waals surface area (Å²) in [5.74, 6) is -0.473. The summed E-state index contributed by atoms with van der Waals surface area (Å²) in [5, 5.41) is 3.08. The Hall–Kier alpha value is -2.14. The Bertz CT molecular complexity index is 609. The number of nitrogens with one attached hydrogen (secondary N) is 1. The Morgan fingerprint density at radius 1 is 0.857 bits per heavy atom. The molecule has 2 rings (SSSR count). The Morgan fingerprint density at radius 2 is 1.48 bits per heavy atom. The van der Waals surface area contributed by atoms with Crippen LogP contribution in [0, 0.1) is 11.6 Å². The van der Waals surface area contributed by atoms with Crippen LogP contribution in [-0.4, -0.2) is 21.3 Å². The first-order valence-corrected chi connectivity index (χ1v) is 6.44. The summed E-state index contributed by atoms with van der Waals surface area (Å²) in [7, 11) is 4.87. The van der Waals surface area contributed by atoms with E-state index >= 15 is 0 Å². The molecule has 2 aromatic carbocycles. The van der Waals surface area contributed by atoms with Crippen molar-refractivity contribution in [1.29, 1.82) is 0 Å². The van der Waals surface area contributed by atoms with E-state index in [2.05, 4.69) is 5.32 Å². The predicted octanol–water partition coefficient (Wildman–Crippen LogP) is 3.29. The molecule has 1 N–H and O–H groups in total. The Kier molecular flexibility index (Phi) is 4.75. The molecule has 0 bridgehead atoms. The minimum atomic E-state index is -0.873. The first-order chi connectivity index (χ1) is 10.1. The molecule has 112 valence electrons. The SMILES string of the molecule is CNC(c1cc(OC)cc(OC)c1)c1ccc(F)c(F)c1. The normalized spacial score (nSPS) is 12.0. The molecule has 21 heavy (non-hydrogen) atoms. The topological polar surface area (TPSA) is 30.5 Å². The third-order valence-electron chi connectivity index (χ3n) is 3.27. The molecule has 3 nitrogen and oxygen atoms in total.